The number of carbonyl (C=O) groups excluding carboxylic acids is 2. The Morgan fingerprint density at radius 3 is 1.39 bits per heavy atom. The Labute approximate surface area is 367 Å². The summed E-state index contributed by atoms with van der Waals surface area (Å²) in [5.41, 5.74) is 0. The monoisotopic (exact) mass is 887 g/mol. The summed E-state index contributed by atoms with van der Waals surface area (Å²) in [6.07, 6.45) is 30.2. The number of esters is 2. The number of hydrogen-bond donors (Lipinski definition) is 6. The molecule has 0 bridgehead atoms. The van der Waals surface area contributed by atoms with Gasteiger partial charge in [0.1, 0.15) is 43.2 Å². The SMILES string of the molecule is CCCCC/C=C\C/C=C\C/C=C\CCCCCCC(=O)O[C@H](COC(=O)CCCCCCC/C=C\CCCCCCCC)COP(=O)(O)OC1[C@H](O)[C@H](O)C(O)[C@H](O)[C@H]1O. The van der Waals surface area contributed by atoms with E-state index in [1.54, 1.807) is 0 Å². The predicted molar refractivity (Wildman–Crippen MR) is 239 cm³/mol. The van der Waals surface area contributed by atoms with Gasteiger partial charge in [0.2, 0.25) is 0 Å². The lowest BCUT2D eigenvalue weighted by Gasteiger charge is -2.41. The van der Waals surface area contributed by atoms with E-state index in [2.05, 4.69) is 62.5 Å². The summed E-state index contributed by atoms with van der Waals surface area (Å²) in [7, 11) is -5.13. The van der Waals surface area contributed by atoms with Gasteiger partial charge in [-0.05, 0) is 77.0 Å². The molecule has 6 N–H and O–H groups in total. The van der Waals surface area contributed by atoms with Crippen LogP contribution in [0.5, 0.6) is 0 Å². The Hall–Kier alpha value is -2.19. The molecule has 0 heterocycles. The van der Waals surface area contributed by atoms with E-state index in [0.29, 0.717) is 12.8 Å². The molecule has 1 saturated carbocycles. The largest absolute Gasteiger partial charge is 0.472 e. The van der Waals surface area contributed by atoms with E-state index in [4.69, 9.17) is 18.5 Å². The minimum atomic E-state index is -5.13. The Bertz CT molecular complexity index is 1250. The molecule has 0 aliphatic heterocycles. The summed E-state index contributed by atoms with van der Waals surface area (Å²) in [6, 6.07) is 0. The van der Waals surface area contributed by atoms with Crippen LogP contribution in [0.3, 0.4) is 0 Å². The molecule has 1 aliphatic rings. The molecule has 0 aromatic heterocycles. The Kier molecular flexibility index (Phi) is 34.7. The van der Waals surface area contributed by atoms with Crippen molar-refractivity contribution < 1.29 is 63.1 Å². The quantitative estimate of drug-likeness (QED) is 0.0148. The number of carbonyl (C=O) groups is 2. The minimum Gasteiger partial charge on any atom is -0.462 e. The maximum Gasteiger partial charge on any atom is 0.472 e. The molecule has 0 amide bonds. The molecule has 0 spiro atoms. The highest BCUT2D eigenvalue weighted by Crippen LogP contribution is 2.47. The van der Waals surface area contributed by atoms with Gasteiger partial charge in [-0.2, -0.15) is 0 Å². The van der Waals surface area contributed by atoms with E-state index in [0.717, 1.165) is 83.5 Å². The average molecular weight is 887 g/mol. The molecule has 1 aliphatic carbocycles. The summed E-state index contributed by atoms with van der Waals surface area (Å²) in [4.78, 5) is 35.7. The Morgan fingerprint density at radius 1 is 0.508 bits per heavy atom. The molecule has 3 unspecified atom stereocenters. The number of aliphatic hydroxyl groups is 5. The average Bonchev–Trinajstić information content (AvgIpc) is 3.24. The van der Waals surface area contributed by atoms with E-state index in [1.807, 2.05) is 0 Å². The van der Waals surface area contributed by atoms with Gasteiger partial charge in [-0.3, -0.25) is 18.6 Å². The molecule has 61 heavy (non-hydrogen) atoms. The summed E-state index contributed by atoms with van der Waals surface area (Å²) in [5.74, 6) is -1.14. The first kappa shape index (κ1) is 56.8. The van der Waals surface area contributed by atoms with E-state index in [-0.39, 0.29) is 12.8 Å². The molecule has 0 saturated heterocycles. The highest BCUT2D eigenvalue weighted by molar-refractivity contribution is 7.47. The first-order chi connectivity index (χ1) is 29.4. The summed E-state index contributed by atoms with van der Waals surface area (Å²) in [6.45, 7) is 3.24. The summed E-state index contributed by atoms with van der Waals surface area (Å²) < 4.78 is 33.5. The standard InChI is InChI=1S/C47H83O13P/c1-3-5-7-9-11-13-15-17-19-20-22-24-26-28-30-32-34-36-41(49)59-39(38-58-61(55,56)60-47-45(53)43(51)42(50)44(52)46(47)54)37-57-40(48)35-33-31-29-27-25-23-21-18-16-14-12-10-8-6-4-2/h11,13,17-19,21-22,24,39,42-47,50-54H,3-10,12,14-16,20,23,25-38H2,1-2H3,(H,55,56)/b13-11-,19-17-,21-18-,24-22-/t39-,42?,43-,44+,45-,46-,47?/m1/s1. The maximum atomic E-state index is 12.8. The van der Waals surface area contributed by atoms with Gasteiger partial charge in [0.15, 0.2) is 6.10 Å². The molecular formula is C47H83O13P. The first-order valence-electron chi connectivity index (χ1n) is 23.4. The third kappa shape index (κ3) is 29.7. The van der Waals surface area contributed by atoms with Crippen LogP contribution in [0.15, 0.2) is 48.6 Å². The van der Waals surface area contributed by atoms with Crippen LogP contribution in [0.1, 0.15) is 181 Å². The fourth-order valence-corrected chi connectivity index (χ4v) is 7.79. The normalized spacial score (nSPS) is 22.4. The zero-order valence-electron chi connectivity index (χ0n) is 37.4. The zero-order chi connectivity index (χ0) is 45.0. The van der Waals surface area contributed by atoms with Gasteiger partial charge in [0.25, 0.3) is 0 Å². The van der Waals surface area contributed by atoms with Crippen LogP contribution >= 0.6 is 7.82 Å². The van der Waals surface area contributed by atoms with Gasteiger partial charge in [0.05, 0.1) is 6.61 Å². The maximum absolute atomic E-state index is 12.8. The van der Waals surface area contributed by atoms with Crippen LogP contribution in [0.25, 0.3) is 0 Å². The molecule has 0 radical (unpaired) electrons. The fraction of sp³-hybridized carbons (Fsp3) is 0.787. The van der Waals surface area contributed by atoms with Gasteiger partial charge < -0.3 is 39.9 Å². The van der Waals surface area contributed by atoms with Crippen molar-refractivity contribution in [3.8, 4) is 0 Å². The molecule has 13 nitrogen and oxygen atoms in total. The van der Waals surface area contributed by atoms with Crippen molar-refractivity contribution in [1.29, 1.82) is 0 Å². The number of ether oxygens (including phenoxy) is 2. The molecule has 0 aromatic carbocycles. The molecule has 0 aromatic rings. The van der Waals surface area contributed by atoms with Crippen molar-refractivity contribution in [2.75, 3.05) is 13.2 Å². The topological polar surface area (TPSA) is 210 Å². The number of aliphatic hydroxyl groups excluding tert-OH is 5. The second-order valence-corrected chi connectivity index (χ2v) is 17.7. The lowest BCUT2D eigenvalue weighted by atomic mass is 9.85. The molecule has 1 fully saturated rings. The summed E-state index contributed by atoms with van der Waals surface area (Å²) >= 11 is 0. The van der Waals surface area contributed by atoms with Gasteiger partial charge in [-0.15, -0.1) is 0 Å². The predicted octanol–water partition coefficient (Wildman–Crippen LogP) is 9.17. The van der Waals surface area contributed by atoms with E-state index < -0.39 is 75.7 Å². The second-order valence-electron chi connectivity index (χ2n) is 16.3. The number of phosphoric ester groups is 1. The Morgan fingerprint density at radius 2 is 0.885 bits per heavy atom. The molecule has 14 heteroatoms. The third-order valence-electron chi connectivity index (χ3n) is 10.6. The van der Waals surface area contributed by atoms with Crippen LogP contribution in [-0.4, -0.2) is 98.3 Å². The van der Waals surface area contributed by atoms with Gasteiger partial charge in [-0.25, -0.2) is 4.57 Å². The second kappa shape index (κ2) is 37.2. The van der Waals surface area contributed by atoms with Crippen LogP contribution in [0.4, 0.5) is 0 Å². The van der Waals surface area contributed by atoms with Crippen molar-refractivity contribution >= 4 is 19.8 Å². The van der Waals surface area contributed by atoms with Crippen molar-refractivity contribution in [2.24, 2.45) is 0 Å². The smallest absolute Gasteiger partial charge is 0.462 e. The van der Waals surface area contributed by atoms with Crippen molar-refractivity contribution in [1.82, 2.24) is 0 Å². The molecular weight excluding hydrogens is 803 g/mol. The van der Waals surface area contributed by atoms with Crippen molar-refractivity contribution in [3.63, 3.8) is 0 Å². The van der Waals surface area contributed by atoms with Gasteiger partial charge in [-0.1, -0.05) is 140 Å². The van der Waals surface area contributed by atoms with Crippen LogP contribution in [-0.2, 0) is 32.7 Å². The van der Waals surface area contributed by atoms with Gasteiger partial charge in [0, 0.05) is 12.8 Å². The molecule has 8 atom stereocenters. The molecule has 354 valence electrons. The highest BCUT2D eigenvalue weighted by atomic mass is 31.2. The van der Waals surface area contributed by atoms with Gasteiger partial charge >= 0.3 is 19.8 Å². The van der Waals surface area contributed by atoms with Crippen LogP contribution in [0.2, 0.25) is 0 Å². The van der Waals surface area contributed by atoms with E-state index >= 15 is 0 Å². The highest BCUT2D eigenvalue weighted by Gasteiger charge is 2.51. The van der Waals surface area contributed by atoms with Crippen LogP contribution in [0, 0.1) is 0 Å². The minimum absolute atomic E-state index is 0.0683. The van der Waals surface area contributed by atoms with Crippen molar-refractivity contribution in [2.45, 2.75) is 224 Å². The lowest BCUT2D eigenvalue weighted by molar-refractivity contribution is -0.220. The number of rotatable bonds is 38. The summed E-state index contributed by atoms with van der Waals surface area (Å²) in [5, 5.41) is 50.1. The number of hydrogen-bond acceptors (Lipinski definition) is 12. The van der Waals surface area contributed by atoms with Crippen molar-refractivity contribution in [3.05, 3.63) is 48.6 Å². The first-order valence-corrected chi connectivity index (χ1v) is 24.9. The van der Waals surface area contributed by atoms with E-state index in [9.17, 15) is 44.6 Å². The lowest BCUT2D eigenvalue weighted by Crippen LogP contribution is -2.64. The number of unbranched alkanes of at least 4 members (excludes halogenated alkanes) is 18. The number of allylic oxidation sites excluding steroid dienone is 8. The fourth-order valence-electron chi connectivity index (χ4n) is 6.82. The Balaban J connectivity index is 2.49. The zero-order valence-corrected chi connectivity index (χ0v) is 38.3. The third-order valence-corrected chi connectivity index (χ3v) is 11.6. The molecule has 1 rings (SSSR count). The van der Waals surface area contributed by atoms with Crippen LogP contribution < -0.4 is 0 Å². The van der Waals surface area contributed by atoms with E-state index in [1.165, 1.54) is 57.8 Å². The number of phosphoric acid groups is 1.